The molecule has 122 valence electrons. The van der Waals surface area contributed by atoms with Crippen molar-refractivity contribution in [2.24, 2.45) is 0 Å². The topological polar surface area (TPSA) is 84.2 Å². The summed E-state index contributed by atoms with van der Waals surface area (Å²) >= 11 is 0. The highest BCUT2D eigenvalue weighted by molar-refractivity contribution is 5.78. The molecule has 0 aliphatic carbocycles. The minimum atomic E-state index is -0.0141. The van der Waals surface area contributed by atoms with Crippen molar-refractivity contribution in [3.8, 4) is 0 Å². The highest BCUT2D eigenvalue weighted by Gasteiger charge is 2.27. The monoisotopic (exact) mass is 323 g/mol. The molecule has 3 aromatic rings. The second-order valence-corrected chi connectivity index (χ2v) is 5.82. The Kier molecular flexibility index (Phi) is 3.82. The molecular weight excluding hydrogens is 306 g/mol. The van der Waals surface area contributed by atoms with Gasteiger partial charge in [-0.3, -0.25) is 9.78 Å². The maximum absolute atomic E-state index is 12.1. The number of rotatable bonds is 4. The second-order valence-electron chi connectivity index (χ2n) is 5.82. The van der Waals surface area contributed by atoms with Crippen molar-refractivity contribution < 1.29 is 9.21 Å². The third-order valence-corrected chi connectivity index (χ3v) is 4.05. The molecule has 1 N–H and O–H groups in total. The lowest BCUT2D eigenvalue weighted by molar-refractivity contribution is -0.121. The summed E-state index contributed by atoms with van der Waals surface area (Å²) in [4.78, 5) is 26.9. The van der Waals surface area contributed by atoms with Gasteiger partial charge in [0.25, 0.3) is 6.01 Å². The van der Waals surface area contributed by atoms with Gasteiger partial charge in [-0.25, -0.2) is 4.98 Å². The van der Waals surface area contributed by atoms with E-state index in [0.717, 1.165) is 18.7 Å². The summed E-state index contributed by atoms with van der Waals surface area (Å²) in [6.45, 7) is 1.47. The number of hydrogen-bond donors (Lipinski definition) is 1. The highest BCUT2D eigenvalue weighted by Crippen LogP contribution is 2.23. The van der Waals surface area contributed by atoms with Crippen molar-refractivity contribution in [2.75, 3.05) is 18.0 Å². The normalized spacial score (nSPS) is 17.3. The number of carbonyl (C=O) groups excluding carboxylic acids is 1. The van der Waals surface area contributed by atoms with Crippen molar-refractivity contribution in [2.45, 2.75) is 18.9 Å². The van der Waals surface area contributed by atoms with E-state index >= 15 is 0 Å². The lowest BCUT2D eigenvalue weighted by atomic mass is 10.2. The zero-order valence-corrected chi connectivity index (χ0v) is 13.1. The predicted molar refractivity (Wildman–Crippen MR) is 88.5 cm³/mol. The first-order valence-corrected chi connectivity index (χ1v) is 7.94. The van der Waals surface area contributed by atoms with Gasteiger partial charge in [-0.1, -0.05) is 6.07 Å². The van der Waals surface area contributed by atoms with E-state index in [-0.39, 0.29) is 11.9 Å². The fourth-order valence-electron chi connectivity index (χ4n) is 2.89. The molecule has 1 amide bonds. The van der Waals surface area contributed by atoms with E-state index in [4.69, 9.17) is 4.42 Å². The Bertz CT molecular complexity index is 815. The maximum Gasteiger partial charge on any atom is 0.300 e. The fraction of sp³-hybridized carbons (Fsp3) is 0.294. The first kappa shape index (κ1) is 14.6. The fourth-order valence-corrected chi connectivity index (χ4v) is 2.89. The number of carbonyl (C=O) groups is 1. The number of pyridine rings is 2. The minimum Gasteiger partial charge on any atom is -0.422 e. The van der Waals surface area contributed by atoms with Crippen molar-refractivity contribution in [3.63, 3.8) is 0 Å². The quantitative estimate of drug-likeness (QED) is 0.784. The number of oxazole rings is 1. The number of nitrogens with one attached hydrogen (secondary N) is 1. The van der Waals surface area contributed by atoms with Crippen LogP contribution in [0.1, 0.15) is 12.1 Å². The van der Waals surface area contributed by atoms with E-state index < -0.39 is 0 Å². The molecule has 4 heterocycles. The SMILES string of the molecule is O=C(Cc1ccccn1)NC1CCN(c2nc3ncccc3o2)C1. The van der Waals surface area contributed by atoms with Gasteiger partial charge in [-0.15, -0.1) is 0 Å². The van der Waals surface area contributed by atoms with Gasteiger partial charge < -0.3 is 14.6 Å². The summed E-state index contributed by atoms with van der Waals surface area (Å²) in [6.07, 6.45) is 4.55. The Hall–Kier alpha value is -2.96. The number of amides is 1. The van der Waals surface area contributed by atoms with Crippen LogP contribution < -0.4 is 10.2 Å². The molecule has 7 heteroatoms. The molecule has 1 atom stereocenters. The van der Waals surface area contributed by atoms with Crippen LogP contribution in [0.2, 0.25) is 0 Å². The molecule has 24 heavy (non-hydrogen) atoms. The van der Waals surface area contributed by atoms with E-state index in [1.165, 1.54) is 0 Å². The number of nitrogens with zero attached hydrogens (tertiary/aromatic N) is 4. The molecule has 1 aliphatic heterocycles. The number of hydrogen-bond acceptors (Lipinski definition) is 6. The van der Waals surface area contributed by atoms with E-state index in [2.05, 4.69) is 20.3 Å². The van der Waals surface area contributed by atoms with Crippen LogP contribution in [0.4, 0.5) is 6.01 Å². The zero-order chi connectivity index (χ0) is 16.4. The zero-order valence-electron chi connectivity index (χ0n) is 13.1. The van der Waals surface area contributed by atoms with Crippen molar-refractivity contribution >= 4 is 23.2 Å². The number of anilines is 1. The van der Waals surface area contributed by atoms with Gasteiger partial charge >= 0.3 is 0 Å². The van der Waals surface area contributed by atoms with Crippen LogP contribution >= 0.6 is 0 Å². The predicted octanol–water partition coefficient (Wildman–Crippen LogP) is 1.56. The Balaban J connectivity index is 1.37. The van der Waals surface area contributed by atoms with E-state index in [9.17, 15) is 4.79 Å². The third-order valence-electron chi connectivity index (χ3n) is 4.05. The molecule has 1 aliphatic rings. The van der Waals surface area contributed by atoms with Gasteiger partial charge in [0.05, 0.1) is 6.42 Å². The summed E-state index contributed by atoms with van der Waals surface area (Å²) in [6, 6.07) is 9.89. The van der Waals surface area contributed by atoms with Gasteiger partial charge in [0.15, 0.2) is 5.58 Å². The summed E-state index contributed by atoms with van der Waals surface area (Å²) in [7, 11) is 0. The van der Waals surface area contributed by atoms with E-state index in [0.29, 0.717) is 30.2 Å². The number of fused-ring (bicyclic) bond motifs is 1. The Morgan fingerprint density at radius 3 is 3.00 bits per heavy atom. The largest absolute Gasteiger partial charge is 0.422 e. The summed E-state index contributed by atoms with van der Waals surface area (Å²) < 4.78 is 5.73. The van der Waals surface area contributed by atoms with Crippen LogP contribution in [0.25, 0.3) is 11.2 Å². The van der Waals surface area contributed by atoms with Gasteiger partial charge in [0.1, 0.15) is 0 Å². The van der Waals surface area contributed by atoms with E-state index in [1.807, 2.05) is 35.2 Å². The average Bonchev–Trinajstić information content (AvgIpc) is 3.22. The molecule has 3 aromatic heterocycles. The van der Waals surface area contributed by atoms with Crippen LogP contribution in [-0.4, -0.2) is 40.0 Å². The van der Waals surface area contributed by atoms with Gasteiger partial charge in [0.2, 0.25) is 11.6 Å². The smallest absolute Gasteiger partial charge is 0.300 e. The molecule has 0 radical (unpaired) electrons. The maximum atomic E-state index is 12.1. The molecule has 0 aromatic carbocycles. The third kappa shape index (κ3) is 3.05. The molecule has 1 unspecified atom stereocenters. The average molecular weight is 323 g/mol. The molecule has 1 saturated heterocycles. The number of aromatic nitrogens is 3. The highest BCUT2D eigenvalue weighted by atomic mass is 16.4. The second kappa shape index (κ2) is 6.27. The van der Waals surface area contributed by atoms with Crippen molar-refractivity contribution in [1.29, 1.82) is 0 Å². The molecule has 7 nitrogen and oxygen atoms in total. The van der Waals surface area contributed by atoms with Gasteiger partial charge in [0, 0.05) is 37.2 Å². The standard InChI is InChI=1S/C17H17N5O2/c23-15(10-12-4-1-2-7-18-12)20-13-6-9-22(11-13)17-21-16-14(24-17)5-3-8-19-16/h1-5,7-8,13H,6,9-11H2,(H,20,23). The van der Waals surface area contributed by atoms with Crippen LogP contribution in [0.3, 0.4) is 0 Å². The summed E-state index contributed by atoms with van der Waals surface area (Å²) in [5.74, 6) is -0.0141. The van der Waals surface area contributed by atoms with E-state index in [1.54, 1.807) is 12.4 Å². The molecule has 1 fully saturated rings. The first-order chi connectivity index (χ1) is 11.8. The molecule has 0 spiro atoms. The molecule has 4 rings (SSSR count). The summed E-state index contributed by atoms with van der Waals surface area (Å²) in [5.41, 5.74) is 2.06. The lowest BCUT2D eigenvalue weighted by Crippen LogP contribution is -2.38. The Morgan fingerprint density at radius 2 is 2.17 bits per heavy atom. The van der Waals surface area contributed by atoms with Crippen LogP contribution in [0, 0.1) is 0 Å². The minimum absolute atomic E-state index is 0.0141. The van der Waals surface area contributed by atoms with Gasteiger partial charge in [-0.05, 0) is 30.7 Å². The van der Waals surface area contributed by atoms with Crippen LogP contribution in [0.15, 0.2) is 47.1 Å². The Labute approximate surface area is 138 Å². The lowest BCUT2D eigenvalue weighted by Gasteiger charge is -2.14. The molecular formula is C17H17N5O2. The van der Waals surface area contributed by atoms with Crippen LogP contribution in [0.5, 0.6) is 0 Å². The molecule has 0 bridgehead atoms. The Morgan fingerprint density at radius 1 is 1.25 bits per heavy atom. The molecule has 0 saturated carbocycles. The summed E-state index contributed by atoms with van der Waals surface area (Å²) in [5, 5.41) is 3.06. The van der Waals surface area contributed by atoms with Crippen molar-refractivity contribution in [3.05, 3.63) is 48.4 Å². The van der Waals surface area contributed by atoms with Crippen LogP contribution in [-0.2, 0) is 11.2 Å². The van der Waals surface area contributed by atoms with Gasteiger partial charge in [-0.2, -0.15) is 4.98 Å². The van der Waals surface area contributed by atoms with Crippen molar-refractivity contribution in [1.82, 2.24) is 20.3 Å². The first-order valence-electron chi connectivity index (χ1n) is 7.94.